The molecule has 0 aliphatic carbocycles. The quantitative estimate of drug-likeness (QED) is 0.837. The molecule has 1 amide bonds. The lowest BCUT2D eigenvalue weighted by Gasteiger charge is -2.27. The average Bonchev–Trinajstić information content (AvgIpc) is 2.52. The summed E-state index contributed by atoms with van der Waals surface area (Å²) in [6, 6.07) is 7.00. The second kappa shape index (κ2) is 7.65. The monoisotopic (exact) mass is 290 g/mol. The Kier molecular flexibility index (Phi) is 6.19. The number of carbonyl (C=O) groups excluding carboxylic acids is 1. The summed E-state index contributed by atoms with van der Waals surface area (Å²) in [6.45, 7) is 3.82. The largest absolute Gasteiger partial charge is 0.497 e. The number of benzene rings is 1. The van der Waals surface area contributed by atoms with Gasteiger partial charge in [-0.05, 0) is 31.5 Å². The number of methoxy groups -OCH3 is 2. The van der Waals surface area contributed by atoms with Gasteiger partial charge in [0.2, 0.25) is 0 Å². The van der Waals surface area contributed by atoms with E-state index < -0.39 is 5.60 Å². The fourth-order valence-corrected chi connectivity index (χ4v) is 1.93. The van der Waals surface area contributed by atoms with Gasteiger partial charge in [0.25, 0.3) is 5.91 Å². The van der Waals surface area contributed by atoms with Crippen molar-refractivity contribution in [3.05, 3.63) is 23.8 Å². The number of carbonyl (C=O) groups is 1. The molecular weight excluding hydrogens is 268 g/mol. The van der Waals surface area contributed by atoms with Gasteiger partial charge in [0.05, 0.1) is 18.4 Å². The van der Waals surface area contributed by atoms with Gasteiger partial charge in [-0.15, -0.1) is 0 Å². The van der Waals surface area contributed by atoms with E-state index in [2.05, 4.69) is 18.3 Å². The zero-order valence-electron chi connectivity index (χ0n) is 13.0. The molecule has 0 spiro atoms. The van der Waals surface area contributed by atoms with Crippen molar-refractivity contribution in [1.82, 2.24) is 0 Å². The topological polar surface area (TPSA) is 71.3 Å². The first-order valence-electron chi connectivity index (χ1n) is 6.95. The summed E-state index contributed by atoms with van der Waals surface area (Å²) >= 11 is 0. The fourth-order valence-electron chi connectivity index (χ4n) is 1.93. The molecule has 0 unspecified atom stereocenters. The predicted molar refractivity (Wildman–Crippen MR) is 81.3 cm³/mol. The molecule has 1 N–H and O–H groups in total. The van der Waals surface area contributed by atoms with Gasteiger partial charge in [-0.3, -0.25) is 4.79 Å². The van der Waals surface area contributed by atoms with Crippen LogP contribution in [0.2, 0.25) is 0 Å². The van der Waals surface area contributed by atoms with Crippen molar-refractivity contribution >= 4 is 11.6 Å². The highest BCUT2D eigenvalue weighted by molar-refractivity contribution is 5.98. The molecule has 5 heteroatoms. The number of nitrogens with zero attached hydrogens (tertiary/aromatic N) is 1. The van der Waals surface area contributed by atoms with E-state index in [9.17, 15) is 4.79 Å². The van der Waals surface area contributed by atoms with Crippen LogP contribution >= 0.6 is 0 Å². The van der Waals surface area contributed by atoms with E-state index >= 15 is 0 Å². The third-order valence-electron chi connectivity index (χ3n) is 3.53. The second-order valence-corrected chi connectivity index (χ2v) is 5.02. The Labute approximate surface area is 125 Å². The maximum Gasteiger partial charge on any atom is 0.256 e. The van der Waals surface area contributed by atoms with Gasteiger partial charge < -0.3 is 14.8 Å². The third kappa shape index (κ3) is 4.20. The van der Waals surface area contributed by atoms with E-state index in [0.29, 0.717) is 23.4 Å². The summed E-state index contributed by atoms with van der Waals surface area (Å²) in [6.07, 6.45) is 2.51. The van der Waals surface area contributed by atoms with E-state index in [-0.39, 0.29) is 5.91 Å². The standard InChI is InChI=1S/C16H22N2O3/c1-5-6-9-16(2,21-4)15(19)18-14-8-7-13(20-3)10-12(14)11-17/h7-8,10H,5-6,9H2,1-4H3,(H,18,19)/t16-/m1/s1. The Morgan fingerprint density at radius 1 is 1.43 bits per heavy atom. The van der Waals surface area contributed by atoms with Crippen LogP contribution in [0.5, 0.6) is 5.75 Å². The first-order valence-corrected chi connectivity index (χ1v) is 6.95. The van der Waals surface area contributed by atoms with Crippen LogP contribution in [0.3, 0.4) is 0 Å². The minimum Gasteiger partial charge on any atom is -0.497 e. The SMILES string of the molecule is CCCC[C@@](C)(OC)C(=O)Nc1ccc(OC)cc1C#N. The van der Waals surface area contributed by atoms with Gasteiger partial charge in [-0.2, -0.15) is 5.26 Å². The van der Waals surface area contributed by atoms with Crippen LogP contribution < -0.4 is 10.1 Å². The molecule has 0 saturated heterocycles. The minimum atomic E-state index is -0.900. The molecule has 1 atom stereocenters. The second-order valence-electron chi connectivity index (χ2n) is 5.02. The van der Waals surface area contributed by atoms with Crippen LogP contribution in [0.25, 0.3) is 0 Å². The van der Waals surface area contributed by atoms with E-state index in [1.807, 2.05) is 0 Å². The van der Waals surface area contributed by atoms with Gasteiger partial charge >= 0.3 is 0 Å². The van der Waals surface area contributed by atoms with Crippen molar-refractivity contribution in [3.63, 3.8) is 0 Å². The van der Waals surface area contributed by atoms with Gasteiger partial charge in [0.15, 0.2) is 0 Å². The van der Waals surface area contributed by atoms with Crippen molar-refractivity contribution in [2.45, 2.75) is 38.7 Å². The molecule has 0 aliphatic heterocycles. The molecule has 1 rings (SSSR count). The van der Waals surface area contributed by atoms with Crippen LogP contribution in [0, 0.1) is 11.3 Å². The van der Waals surface area contributed by atoms with Crippen molar-refractivity contribution in [3.8, 4) is 11.8 Å². The lowest BCUT2D eigenvalue weighted by molar-refractivity contribution is -0.136. The number of nitriles is 1. The lowest BCUT2D eigenvalue weighted by atomic mass is 9.97. The Morgan fingerprint density at radius 2 is 2.14 bits per heavy atom. The summed E-state index contributed by atoms with van der Waals surface area (Å²) in [5.41, 5.74) is -0.0810. The van der Waals surface area contributed by atoms with Crippen LogP contribution in [-0.2, 0) is 9.53 Å². The van der Waals surface area contributed by atoms with Crippen LogP contribution in [-0.4, -0.2) is 25.7 Å². The molecule has 0 aliphatic rings. The first kappa shape index (κ1) is 17.0. The number of nitrogens with one attached hydrogen (secondary N) is 1. The number of hydrogen-bond acceptors (Lipinski definition) is 4. The minimum absolute atomic E-state index is 0.250. The maximum atomic E-state index is 12.4. The third-order valence-corrected chi connectivity index (χ3v) is 3.53. The average molecular weight is 290 g/mol. The van der Waals surface area contributed by atoms with Gasteiger partial charge in [0.1, 0.15) is 17.4 Å². The van der Waals surface area contributed by atoms with Crippen molar-refractivity contribution < 1.29 is 14.3 Å². The number of ether oxygens (including phenoxy) is 2. The molecule has 0 heterocycles. The molecule has 5 nitrogen and oxygen atoms in total. The van der Waals surface area contributed by atoms with Gasteiger partial charge in [-0.1, -0.05) is 19.8 Å². The highest BCUT2D eigenvalue weighted by Gasteiger charge is 2.32. The Hall–Kier alpha value is -2.06. The summed E-state index contributed by atoms with van der Waals surface area (Å²) in [7, 11) is 3.05. The molecule has 21 heavy (non-hydrogen) atoms. The number of unbranched alkanes of at least 4 members (excludes halogenated alkanes) is 1. The molecular formula is C16H22N2O3. The number of anilines is 1. The lowest BCUT2D eigenvalue weighted by Crippen LogP contribution is -2.42. The smallest absolute Gasteiger partial charge is 0.256 e. The molecule has 0 aromatic heterocycles. The van der Waals surface area contributed by atoms with Crippen LogP contribution in [0.4, 0.5) is 5.69 Å². The summed E-state index contributed by atoms with van der Waals surface area (Å²) in [4.78, 5) is 12.4. The molecule has 114 valence electrons. The van der Waals surface area contributed by atoms with Crippen molar-refractivity contribution in [2.75, 3.05) is 19.5 Å². The molecule has 0 fully saturated rings. The van der Waals surface area contributed by atoms with Crippen molar-refractivity contribution in [2.24, 2.45) is 0 Å². The Morgan fingerprint density at radius 3 is 2.67 bits per heavy atom. The molecule has 0 saturated carbocycles. The van der Waals surface area contributed by atoms with Crippen molar-refractivity contribution in [1.29, 1.82) is 5.26 Å². The van der Waals surface area contributed by atoms with E-state index in [4.69, 9.17) is 14.7 Å². The maximum absolute atomic E-state index is 12.4. The Balaban J connectivity index is 2.94. The molecule has 0 radical (unpaired) electrons. The predicted octanol–water partition coefficient (Wildman–Crippen LogP) is 3.10. The normalized spacial score (nSPS) is 13.1. The van der Waals surface area contributed by atoms with E-state index in [0.717, 1.165) is 12.8 Å². The first-order chi connectivity index (χ1) is 10.0. The number of rotatable bonds is 7. The number of amides is 1. The zero-order valence-corrected chi connectivity index (χ0v) is 13.0. The van der Waals surface area contributed by atoms with Gasteiger partial charge in [-0.25, -0.2) is 0 Å². The summed E-state index contributed by atoms with van der Waals surface area (Å²) in [5.74, 6) is 0.324. The summed E-state index contributed by atoms with van der Waals surface area (Å²) < 4.78 is 10.4. The molecule has 1 aromatic carbocycles. The highest BCUT2D eigenvalue weighted by Crippen LogP contribution is 2.25. The fraction of sp³-hybridized carbons (Fsp3) is 0.500. The highest BCUT2D eigenvalue weighted by atomic mass is 16.5. The van der Waals surface area contributed by atoms with Gasteiger partial charge in [0, 0.05) is 7.11 Å². The summed E-state index contributed by atoms with van der Waals surface area (Å²) in [5, 5.41) is 11.9. The molecule has 1 aromatic rings. The Bertz CT molecular complexity index is 537. The van der Waals surface area contributed by atoms with E-state index in [1.54, 1.807) is 25.1 Å². The number of hydrogen-bond donors (Lipinski definition) is 1. The van der Waals surface area contributed by atoms with Crippen LogP contribution in [0.15, 0.2) is 18.2 Å². The zero-order chi connectivity index (χ0) is 15.9. The van der Waals surface area contributed by atoms with E-state index in [1.165, 1.54) is 14.2 Å². The van der Waals surface area contributed by atoms with Crippen LogP contribution in [0.1, 0.15) is 38.7 Å². The molecule has 0 bridgehead atoms.